The van der Waals surface area contributed by atoms with Gasteiger partial charge in [-0.25, -0.2) is 4.98 Å². The minimum absolute atomic E-state index is 0.718. The highest BCUT2D eigenvalue weighted by Crippen LogP contribution is 2.28. The van der Waals surface area contributed by atoms with Gasteiger partial charge in [-0.3, -0.25) is 0 Å². The molecular weight excluding hydrogens is 188 g/mol. The molecule has 0 bridgehead atoms. The maximum Gasteiger partial charge on any atom is 0.224 e. The Morgan fingerprint density at radius 1 is 1.33 bits per heavy atom. The molecule has 1 fully saturated rings. The molecule has 2 N–H and O–H groups in total. The zero-order chi connectivity index (χ0) is 10.7. The molecule has 0 amide bonds. The van der Waals surface area contributed by atoms with Gasteiger partial charge in [0.15, 0.2) is 0 Å². The lowest BCUT2D eigenvalue weighted by atomic mass is 10.4. The molecule has 15 heavy (non-hydrogen) atoms. The van der Waals surface area contributed by atoms with E-state index in [1.165, 1.54) is 12.8 Å². The van der Waals surface area contributed by atoms with Gasteiger partial charge in [-0.15, -0.1) is 0 Å². The van der Waals surface area contributed by atoms with E-state index >= 15 is 0 Å². The fourth-order valence-electron chi connectivity index (χ4n) is 1.47. The van der Waals surface area contributed by atoms with Gasteiger partial charge in [0, 0.05) is 24.8 Å². The van der Waals surface area contributed by atoms with Crippen molar-refractivity contribution in [2.24, 2.45) is 5.92 Å². The number of aryl methyl sites for hydroxylation is 1. The van der Waals surface area contributed by atoms with Crippen LogP contribution < -0.4 is 10.6 Å². The van der Waals surface area contributed by atoms with E-state index < -0.39 is 0 Å². The molecule has 1 saturated carbocycles. The fraction of sp³-hybridized carbons (Fsp3) is 0.636. The molecule has 0 aliphatic heterocycles. The number of nitrogens with one attached hydrogen (secondary N) is 2. The molecule has 0 radical (unpaired) electrons. The van der Waals surface area contributed by atoms with Crippen LogP contribution in [0.2, 0.25) is 0 Å². The van der Waals surface area contributed by atoms with E-state index in [1.807, 2.05) is 19.9 Å². The summed E-state index contributed by atoms with van der Waals surface area (Å²) < 4.78 is 0. The van der Waals surface area contributed by atoms with Crippen LogP contribution in [0.5, 0.6) is 0 Å². The lowest BCUT2D eigenvalue weighted by molar-refractivity contribution is 0.879. The highest BCUT2D eigenvalue weighted by atomic mass is 15.1. The Labute approximate surface area is 90.5 Å². The molecule has 4 nitrogen and oxygen atoms in total. The number of hydrogen-bond acceptors (Lipinski definition) is 4. The number of rotatable bonds is 5. The summed E-state index contributed by atoms with van der Waals surface area (Å²) in [5.41, 5.74) is 0.999. The standard InChI is InChI=1S/C11H18N4/c1-3-12-11-14-8(2)6-10(15-11)13-7-9-4-5-9/h6,9H,3-5,7H2,1-2H3,(H2,12,13,14,15). The molecule has 4 heteroatoms. The zero-order valence-electron chi connectivity index (χ0n) is 9.38. The Morgan fingerprint density at radius 3 is 2.80 bits per heavy atom. The third-order valence-electron chi connectivity index (χ3n) is 2.46. The van der Waals surface area contributed by atoms with Crippen molar-refractivity contribution in [1.82, 2.24) is 9.97 Å². The maximum absolute atomic E-state index is 4.39. The Kier molecular flexibility index (Phi) is 3.04. The van der Waals surface area contributed by atoms with E-state index in [1.54, 1.807) is 0 Å². The summed E-state index contributed by atoms with van der Waals surface area (Å²) in [5.74, 6) is 2.52. The average molecular weight is 206 g/mol. The van der Waals surface area contributed by atoms with E-state index in [0.29, 0.717) is 0 Å². The minimum atomic E-state index is 0.718. The van der Waals surface area contributed by atoms with Gasteiger partial charge in [-0.05, 0) is 32.6 Å². The molecule has 0 spiro atoms. The average Bonchev–Trinajstić information content (AvgIpc) is 2.98. The smallest absolute Gasteiger partial charge is 0.224 e. The van der Waals surface area contributed by atoms with E-state index in [9.17, 15) is 0 Å². The quantitative estimate of drug-likeness (QED) is 0.774. The van der Waals surface area contributed by atoms with Crippen LogP contribution in [-0.2, 0) is 0 Å². The van der Waals surface area contributed by atoms with Gasteiger partial charge in [0.2, 0.25) is 5.95 Å². The van der Waals surface area contributed by atoms with Crippen LogP contribution in [0.15, 0.2) is 6.07 Å². The third kappa shape index (κ3) is 3.08. The Balaban J connectivity index is 2.00. The van der Waals surface area contributed by atoms with Gasteiger partial charge in [-0.2, -0.15) is 4.98 Å². The van der Waals surface area contributed by atoms with Crippen molar-refractivity contribution in [3.05, 3.63) is 11.8 Å². The second kappa shape index (κ2) is 4.47. The van der Waals surface area contributed by atoms with Crippen LogP contribution in [0.4, 0.5) is 11.8 Å². The second-order valence-electron chi connectivity index (χ2n) is 4.07. The number of aromatic nitrogens is 2. The summed E-state index contributed by atoms with van der Waals surface area (Å²) in [5, 5.41) is 6.48. The minimum Gasteiger partial charge on any atom is -0.370 e. The summed E-state index contributed by atoms with van der Waals surface area (Å²) in [7, 11) is 0. The molecule has 1 aromatic rings. The van der Waals surface area contributed by atoms with Crippen LogP contribution in [0.1, 0.15) is 25.5 Å². The van der Waals surface area contributed by atoms with E-state index in [-0.39, 0.29) is 0 Å². The first kappa shape index (κ1) is 10.2. The molecule has 0 atom stereocenters. The van der Waals surface area contributed by atoms with Crippen LogP contribution in [-0.4, -0.2) is 23.1 Å². The Morgan fingerprint density at radius 2 is 2.13 bits per heavy atom. The maximum atomic E-state index is 4.39. The molecule has 2 rings (SSSR count). The molecule has 1 heterocycles. The summed E-state index contributed by atoms with van der Waals surface area (Å²) in [6, 6.07) is 1.99. The van der Waals surface area contributed by atoms with E-state index in [2.05, 4.69) is 20.6 Å². The van der Waals surface area contributed by atoms with Crippen molar-refractivity contribution in [3.8, 4) is 0 Å². The van der Waals surface area contributed by atoms with Crippen molar-refractivity contribution >= 4 is 11.8 Å². The summed E-state index contributed by atoms with van der Waals surface area (Å²) >= 11 is 0. The molecule has 82 valence electrons. The molecule has 0 saturated heterocycles. The summed E-state index contributed by atoms with van der Waals surface area (Å²) in [4.78, 5) is 8.69. The molecule has 0 unspecified atom stereocenters. The van der Waals surface area contributed by atoms with Crippen LogP contribution in [0.3, 0.4) is 0 Å². The first-order chi connectivity index (χ1) is 7.28. The van der Waals surface area contributed by atoms with Crippen molar-refractivity contribution in [2.75, 3.05) is 23.7 Å². The first-order valence-electron chi connectivity index (χ1n) is 5.61. The highest BCUT2D eigenvalue weighted by molar-refractivity contribution is 5.42. The zero-order valence-corrected chi connectivity index (χ0v) is 9.38. The van der Waals surface area contributed by atoms with Gasteiger partial charge in [0.25, 0.3) is 0 Å². The largest absolute Gasteiger partial charge is 0.370 e. The number of nitrogens with zero attached hydrogens (tertiary/aromatic N) is 2. The summed E-state index contributed by atoms with van der Waals surface area (Å²) in [6.07, 6.45) is 2.72. The van der Waals surface area contributed by atoms with E-state index in [0.717, 1.165) is 36.5 Å². The van der Waals surface area contributed by atoms with Crippen LogP contribution >= 0.6 is 0 Å². The van der Waals surface area contributed by atoms with E-state index in [4.69, 9.17) is 0 Å². The third-order valence-corrected chi connectivity index (χ3v) is 2.46. The van der Waals surface area contributed by atoms with Gasteiger partial charge in [0.05, 0.1) is 0 Å². The van der Waals surface area contributed by atoms with Crippen molar-refractivity contribution in [3.63, 3.8) is 0 Å². The van der Waals surface area contributed by atoms with Gasteiger partial charge < -0.3 is 10.6 Å². The second-order valence-corrected chi connectivity index (χ2v) is 4.07. The fourth-order valence-corrected chi connectivity index (χ4v) is 1.47. The van der Waals surface area contributed by atoms with Crippen molar-refractivity contribution in [2.45, 2.75) is 26.7 Å². The molecule has 0 aromatic carbocycles. The highest BCUT2D eigenvalue weighted by Gasteiger charge is 2.20. The van der Waals surface area contributed by atoms with Gasteiger partial charge in [-0.1, -0.05) is 0 Å². The van der Waals surface area contributed by atoms with Gasteiger partial charge >= 0.3 is 0 Å². The van der Waals surface area contributed by atoms with Crippen molar-refractivity contribution in [1.29, 1.82) is 0 Å². The molecular formula is C11H18N4. The predicted molar refractivity (Wildman–Crippen MR) is 62.1 cm³/mol. The predicted octanol–water partition coefficient (Wildman–Crippen LogP) is 2.04. The lowest BCUT2D eigenvalue weighted by Gasteiger charge is -2.08. The topological polar surface area (TPSA) is 49.8 Å². The molecule has 1 aliphatic rings. The number of anilines is 2. The monoisotopic (exact) mass is 206 g/mol. The molecule has 1 aliphatic carbocycles. The normalized spacial score (nSPS) is 15.1. The Bertz CT molecular complexity index is 333. The van der Waals surface area contributed by atoms with Crippen molar-refractivity contribution < 1.29 is 0 Å². The lowest BCUT2D eigenvalue weighted by Crippen LogP contribution is -2.09. The van der Waals surface area contributed by atoms with Crippen LogP contribution in [0.25, 0.3) is 0 Å². The Hall–Kier alpha value is -1.32. The first-order valence-corrected chi connectivity index (χ1v) is 5.61. The van der Waals surface area contributed by atoms with Gasteiger partial charge in [0.1, 0.15) is 5.82 Å². The SMILES string of the molecule is CCNc1nc(C)cc(NCC2CC2)n1. The molecule has 1 aromatic heterocycles. The summed E-state index contributed by atoms with van der Waals surface area (Å²) in [6.45, 7) is 5.93. The number of hydrogen-bond donors (Lipinski definition) is 2. The van der Waals surface area contributed by atoms with Crippen LogP contribution in [0, 0.1) is 12.8 Å².